The minimum atomic E-state index is -0.712. The Balaban J connectivity index is 1.61. The second-order valence-electron chi connectivity index (χ2n) is 7.36. The summed E-state index contributed by atoms with van der Waals surface area (Å²) in [5, 5.41) is 12.9. The Bertz CT molecular complexity index is 1020. The standard InChI is InChI=1S/C23H26N2O7/c1-30-18-8-7-14(11-19(18)31-2)9-10-25-13-15(12-20(25)26)22(28)24-17-6-4-5-16(21(17)27)23(29)32-3/h4-8,11,15,27H,9-10,12-13H2,1-3H3,(H,24,28). The normalized spacial score (nSPS) is 15.4. The number of rotatable bonds is 8. The number of nitrogens with zero attached hydrogens (tertiary/aromatic N) is 1. The van der Waals surface area contributed by atoms with Crippen molar-refractivity contribution in [1.29, 1.82) is 0 Å². The molecular formula is C23H26N2O7. The van der Waals surface area contributed by atoms with Gasteiger partial charge in [0.1, 0.15) is 5.56 Å². The number of benzene rings is 2. The fourth-order valence-electron chi connectivity index (χ4n) is 3.62. The van der Waals surface area contributed by atoms with Gasteiger partial charge in [-0.25, -0.2) is 4.79 Å². The lowest BCUT2D eigenvalue weighted by molar-refractivity contribution is -0.128. The number of esters is 1. The Morgan fingerprint density at radius 3 is 2.56 bits per heavy atom. The van der Waals surface area contributed by atoms with Gasteiger partial charge in [0, 0.05) is 19.5 Å². The van der Waals surface area contributed by atoms with E-state index in [-0.39, 0.29) is 35.9 Å². The molecule has 0 aliphatic carbocycles. The summed E-state index contributed by atoms with van der Waals surface area (Å²) in [6.45, 7) is 0.733. The number of nitrogens with one attached hydrogen (secondary N) is 1. The van der Waals surface area contributed by atoms with Gasteiger partial charge in [-0.2, -0.15) is 0 Å². The quantitative estimate of drug-likeness (QED) is 0.476. The van der Waals surface area contributed by atoms with Gasteiger partial charge in [0.25, 0.3) is 0 Å². The molecule has 1 aliphatic rings. The first-order chi connectivity index (χ1) is 15.4. The van der Waals surface area contributed by atoms with Crippen LogP contribution in [-0.4, -0.2) is 62.2 Å². The van der Waals surface area contributed by atoms with Crippen LogP contribution in [0.3, 0.4) is 0 Å². The molecule has 170 valence electrons. The second kappa shape index (κ2) is 10.0. The van der Waals surface area contributed by atoms with Crippen molar-refractivity contribution in [1.82, 2.24) is 4.90 Å². The molecule has 1 atom stereocenters. The molecule has 1 heterocycles. The smallest absolute Gasteiger partial charge is 0.341 e. The molecule has 1 unspecified atom stereocenters. The molecule has 9 nitrogen and oxygen atoms in total. The van der Waals surface area contributed by atoms with E-state index < -0.39 is 17.8 Å². The van der Waals surface area contributed by atoms with Crippen LogP contribution in [0.4, 0.5) is 5.69 Å². The van der Waals surface area contributed by atoms with Gasteiger partial charge < -0.3 is 29.5 Å². The molecule has 2 N–H and O–H groups in total. The lowest BCUT2D eigenvalue weighted by atomic mass is 10.1. The molecule has 2 aromatic rings. The first-order valence-electron chi connectivity index (χ1n) is 10.1. The summed E-state index contributed by atoms with van der Waals surface area (Å²) in [6, 6.07) is 9.98. The van der Waals surface area contributed by atoms with E-state index in [4.69, 9.17) is 9.47 Å². The number of carbonyl (C=O) groups excluding carboxylic acids is 3. The predicted molar refractivity (Wildman–Crippen MR) is 116 cm³/mol. The fourth-order valence-corrected chi connectivity index (χ4v) is 3.62. The molecule has 1 aliphatic heterocycles. The number of para-hydroxylation sites is 1. The van der Waals surface area contributed by atoms with Gasteiger partial charge in [-0.1, -0.05) is 12.1 Å². The zero-order valence-electron chi connectivity index (χ0n) is 18.2. The Kier molecular flexibility index (Phi) is 7.19. The van der Waals surface area contributed by atoms with Gasteiger partial charge >= 0.3 is 5.97 Å². The van der Waals surface area contributed by atoms with E-state index >= 15 is 0 Å². The molecule has 0 saturated carbocycles. The molecule has 9 heteroatoms. The fraction of sp³-hybridized carbons (Fsp3) is 0.348. The van der Waals surface area contributed by atoms with Crippen molar-refractivity contribution < 1.29 is 33.7 Å². The third kappa shape index (κ3) is 4.93. The number of methoxy groups -OCH3 is 3. The number of anilines is 1. The average Bonchev–Trinajstić information content (AvgIpc) is 3.18. The molecule has 1 fully saturated rings. The van der Waals surface area contributed by atoms with E-state index in [1.165, 1.54) is 25.3 Å². The Labute approximate surface area is 185 Å². The average molecular weight is 442 g/mol. The van der Waals surface area contributed by atoms with Crippen molar-refractivity contribution in [3.05, 3.63) is 47.5 Å². The number of phenolic OH excluding ortho intramolecular Hbond substituents is 1. The van der Waals surface area contributed by atoms with Gasteiger partial charge in [-0.15, -0.1) is 0 Å². The van der Waals surface area contributed by atoms with Gasteiger partial charge in [-0.3, -0.25) is 9.59 Å². The first kappa shape index (κ1) is 22.9. The molecular weight excluding hydrogens is 416 g/mol. The van der Waals surface area contributed by atoms with Crippen molar-refractivity contribution in [2.45, 2.75) is 12.8 Å². The largest absolute Gasteiger partial charge is 0.505 e. The minimum Gasteiger partial charge on any atom is -0.505 e. The number of aromatic hydroxyl groups is 1. The highest BCUT2D eigenvalue weighted by Crippen LogP contribution is 2.30. The highest BCUT2D eigenvalue weighted by atomic mass is 16.5. The summed E-state index contributed by atoms with van der Waals surface area (Å²) in [4.78, 5) is 38.5. The maximum Gasteiger partial charge on any atom is 0.341 e. The van der Waals surface area contributed by atoms with Crippen LogP contribution in [0.5, 0.6) is 17.2 Å². The van der Waals surface area contributed by atoms with Crippen molar-refractivity contribution in [2.75, 3.05) is 39.7 Å². The molecule has 1 saturated heterocycles. The highest BCUT2D eigenvalue weighted by Gasteiger charge is 2.34. The molecule has 32 heavy (non-hydrogen) atoms. The first-order valence-corrected chi connectivity index (χ1v) is 10.1. The summed E-state index contributed by atoms with van der Waals surface area (Å²) < 4.78 is 15.2. The van der Waals surface area contributed by atoms with Crippen LogP contribution >= 0.6 is 0 Å². The van der Waals surface area contributed by atoms with Gasteiger partial charge in [0.2, 0.25) is 11.8 Å². The van der Waals surface area contributed by atoms with Crippen LogP contribution < -0.4 is 14.8 Å². The van der Waals surface area contributed by atoms with Crippen LogP contribution in [0.1, 0.15) is 22.3 Å². The summed E-state index contributed by atoms with van der Waals surface area (Å²) in [7, 11) is 4.33. The molecule has 0 radical (unpaired) electrons. The predicted octanol–water partition coefficient (Wildman–Crippen LogP) is 2.23. The van der Waals surface area contributed by atoms with E-state index in [1.54, 1.807) is 19.1 Å². The van der Waals surface area contributed by atoms with Gasteiger partial charge in [0.15, 0.2) is 17.2 Å². The minimum absolute atomic E-state index is 0.0515. The van der Waals surface area contributed by atoms with Crippen molar-refractivity contribution >= 4 is 23.5 Å². The third-order valence-electron chi connectivity index (χ3n) is 5.40. The van der Waals surface area contributed by atoms with Crippen LogP contribution in [0.25, 0.3) is 0 Å². The number of hydrogen-bond donors (Lipinski definition) is 2. The van der Waals surface area contributed by atoms with Gasteiger partial charge in [-0.05, 0) is 36.2 Å². The molecule has 2 aromatic carbocycles. The van der Waals surface area contributed by atoms with Crippen molar-refractivity contribution in [2.24, 2.45) is 5.92 Å². The maximum atomic E-state index is 12.7. The summed E-state index contributed by atoms with van der Waals surface area (Å²) >= 11 is 0. The van der Waals surface area contributed by atoms with E-state index in [2.05, 4.69) is 10.1 Å². The number of amides is 2. The van der Waals surface area contributed by atoms with Crippen molar-refractivity contribution in [3.8, 4) is 17.2 Å². The van der Waals surface area contributed by atoms with E-state index in [0.29, 0.717) is 24.5 Å². The second-order valence-corrected chi connectivity index (χ2v) is 7.36. The van der Waals surface area contributed by atoms with Crippen molar-refractivity contribution in [3.63, 3.8) is 0 Å². The molecule has 2 amide bonds. The highest BCUT2D eigenvalue weighted by molar-refractivity contribution is 6.01. The number of likely N-dealkylation sites (tertiary alicyclic amines) is 1. The number of ether oxygens (including phenoxy) is 3. The molecule has 0 bridgehead atoms. The number of carbonyl (C=O) groups is 3. The zero-order chi connectivity index (χ0) is 23.3. The third-order valence-corrected chi connectivity index (χ3v) is 5.40. The van der Waals surface area contributed by atoms with Crippen LogP contribution in [-0.2, 0) is 20.7 Å². The summed E-state index contributed by atoms with van der Waals surface area (Å²) in [5.74, 6) is -0.913. The Hall–Kier alpha value is -3.75. The molecule has 0 aromatic heterocycles. The van der Waals surface area contributed by atoms with Crippen LogP contribution in [0.2, 0.25) is 0 Å². The summed E-state index contributed by atoms with van der Waals surface area (Å²) in [5.41, 5.74) is 1.02. The zero-order valence-corrected chi connectivity index (χ0v) is 18.2. The van der Waals surface area contributed by atoms with E-state index in [0.717, 1.165) is 5.56 Å². The Morgan fingerprint density at radius 2 is 1.88 bits per heavy atom. The number of phenols is 1. The molecule has 3 rings (SSSR count). The van der Waals surface area contributed by atoms with Gasteiger partial charge in [0.05, 0.1) is 32.9 Å². The lowest BCUT2D eigenvalue weighted by Crippen LogP contribution is -2.30. The maximum absolute atomic E-state index is 12.7. The number of hydrogen-bond acceptors (Lipinski definition) is 7. The monoisotopic (exact) mass is 442 g/mol. The van der Waals surface area contributed by atoms with Crippen LogP contribution in [0.15, 0.2) is 36.4 Å². The lowest BCUT2D eigenvalue weighted by Gasteiger charge is -2.17. The molecule has 0 spiro atoms. The SMILES string of the molecule is COC(=O)c1cccc(NC(=O)C2CC(=O)N(CCc3ccc(OC)c(OC)c3)C2)c1O. The Morgan fingerprint density at radius 1 is 1.12 bits per heavy atom. The van der Waals surface area contributed by atoms with Crippen LogP contribution in [0, 0.1) is 5.92 Å². The van der Waals surface area contributed by atoms with E-state index in [1.807, 2.05) is 18.2 Å². The topological polar surface area (TPSA) is 114 Å². The van der Waals surface area contributed by atoms with E-state index in [9.17, 15) is 19.5 Å². The summed E-state index contributed by atoms with van der Waals surface area (Å²) in [6.07, 6.45) is 0.678.